The molecule has 0 bridgehead atoms. The Morgan fingerprint density at radius 1 is 1.44 bits per heavy atom. The molecule has 1 aromatic carbocycles. The number of hydrogen-bond donors (Lipinski definition) is 3. The van der Waals surface area contributed by atoms with Crippen LogP contribution in [-0.2, 0) is 6.54 Å². The molecule has 5 N–H and O–H groups in total. The van der Waals surface area contributed by atoms with Crippen LogP contribution in [0.4, 0.5) is 27.3 Å². The van der Waals surface area contributed by atoms with Crippen LogP contribution in [0.15, 0.2) is 18.3 Å². The van der Waals surface area contributed by atoms with Crippen LogP contribution >= 0.6 is 11.6 Å². The average molecular weight is 270 g/mol. The first kappa shape index (κ1) is 12.5. The molecule has 0 aliphatic rings. The van der Waals surface area contributed by atoms with Crippen molar-refractivity contribution in [2.45, 2.75) is 13.5 Å². The van der Waals surface area contributed by atoms with Crippen molar-refractivity contribution in [2.75, 3.05) is 16.8 Å². The van der Waals surface area contributed by atoms with Crippen LogP contribution in [0, 0.1) is 5.82 Å². The van der Waals surface area contributed by atoms with Crippen molar-refractivity contribution < 1.29 is 4.39 Å². The normalized spacial score (nSPS) is 10.6. The molecule has 0 saturated carbocycles. The summed E-state index contributed by atoms with van der Waals surface area (Å²) in [6.07, 6.45) is 1.77. The fourth-order valence-electron chi connectivity index (χ4n) is 1.53. The molecule has 5 nitrogen and oxygen atoms in total. The molecule has 0 unspecified atom stereocenters. The van der Waals surface area contributed by atoms with Crippen LogP contribution in [0.2, 0.25) is 5.02 Å². The van der Waals surface area contributed by atoms with Gasteiger partial charge in [0.1, 0.15) is 10.7 Å². The van der Waals surface area contributed by atoms with Crippen molar-refractivity contribution >= 4 is 34.5 Å². The SMILES string of the molecule is CCn1ccc(Nc2c(N)cc(N)c(Cl)c2F)n1. The topological polar surface area (TPSA) is 81.9 Å². The maximum absolute atomic E-state index is 13.9. The van der Waals surface area contributed by atoms with E-state index in [-0.39, 0.29) is 22.1 Å². The average Bonchev–Trinajstić information content (AvgIpc) is 2.80. The molecule has 18 heavy (non-hydrogen) atoms. The summed E-state index contributed by atoms with van der Waals surface area (Å²) < 4.78 is 15.6. The van der Waals surface area contributed by atoms with Gasteiger partial charge in [-0.25, -0.2) is 4.39 Å². The third kappa shape index (κ3) is 2.19. The highest BCUT2D eigenvalue weighted by Crippen LogP contribution is 2.34. The van der Waals surface area contributed by atoms with Crippen molar-refractivity contribution in [3.8, 4) is 0 Å². The molecule has 0 radical (unpaired) electrons. The largest absolute Gasteiger partial charge is 0.397 e. The second-order valence-corrected chi connectivity index (χ2v) is 4.12. The van der Waals surface area contributed by atoms with Gasteiger partial charge in [-0.1, -0.05) is 11.6 Å². The van der Waals surface area contributed by atoms with Gasteiger partial charge in [0.05, 0.1) is 11.4 Å². The molecule has 0 saturated heterocycles. The van der Waals surface area contributed by atoms with Crippen molar-refractivity contribution in [3.63, 3.8) is 0 Å². The number of nitrogens with one attached hydrogen (secondary N) is 1. The van der Waals surface area contributed by atoms with Crippen LogP contribution in [0.5, 0.6) is 0 Å². The summed E-state index contributed by atoms with van der Waals surface area (Å²) in [5.41, 5.74) is 11.6. The Morgan fingerprint density at radius 2 is 2.17 bits per heavy atom. The van der Waals surface area contributed by atoms with Crippen molar-refractivity contribution in [1.29, 1.82) is 0 Å². The first-order valence-electron chi connectivity index (χ1n) is 5.36. The van der Waals surface area contributed by atoms with Crippen molar-refractivity contribution in [2.24, 2.45) is 0 Å². The zero-order valence-corrected chi connectivity index (χ0v) is 10.5. The third-order valence-corrected chi connectivity index (χ3v) is 2.87. The Bertz CT molecular complexity index is 581. The van der Waals surface area contributed by atoms with E-state index < -0.39 is 5.82 Å². The summed E-state index contributed by atoms with van der Waals surface area (Å²) in [5, 5.41) is 6.81. The lowest BCUT2D eigenvalue weighted by molar-refractivity contribution is 0.632. The molecule has 0 aliphatic heterocycles. The smallest absolute Gasteiger partial charge is 0.169 e. The summed E-state index contributed by atoms with van der Waals surface area (Å²) in [5.74, 6) is -0.191. The lowest BCUT2D eigenvalue weighted by atomic mass is 10.2. The van der Waals surface area contributed by atoms with Crippen molar-refractivity contribution in [3.05, 3.63) is 29.2 Å². The maximum atomic E-state index is 13.9. The van der Waals surface area contributed by atoms with E-state index in [1.54, 1.807) is 16.9 Å². The van der Waals surface area contributed by atoms with Gasteiger partial charge in [-0.2, -0.15) is 5.10 Å². The number of hydrogen-bond acceptors (Lipinski definition) is 4. The summed E-state index contributed by atoms with van der Waals surface area (Å²) >= 11 is 5.73. The van der Waals surface area contributed by atoms with Crippen LogP contribution in [-0.4, -0.2) is 9.78 Å². The number of nitrogens with two attached hydrogens (primary N) is 2. The molecule has 2 aromatic rings. The minimum Gasteiger partial charge on any atom is -0.397 e. The number of rotatable bonds is 3. The van der Waals surface area contributed by atoms with Gasteiger partial charge in [0.15, 0.2) is 11.6 Å². The standard InChI is InChI=1S/C11H13ClFN5/c1-2-18-4-3-8(17-18)16-11-7(15)5-6(14)9(12)10(11)13/h3-5H,2,14-15H2,1H3,(H,16,17). The zero-order valence-electron chi connectivity index (χ0n) is 9.74. The lowest BCUT2D eigenvalue weighted by Crippen LogP contribution is -2.03. The van der Waals surface area contributed by atoms with E-state index in [9.17, 15) is 4.39 Å². The van der Waals surface area contributed by atoms with E-state index in [4.69, 9.17) is 23.1 Å². The quantitative estimate of drug-likeness (QED) is 0.748. The van der Waals surface area contributed by atoms with E-state index in [1.807, 2.05) is 6.92 Å². The Labute approximate surface area is 109 Å². The van der Waals surface area contributed by atoms with Gasteiger partial charge < -0.3 is 16.8 Å². The Kier molecular flexibility index (Phi) is 3.29. The van der Waals surface area contributed by atoms with Crippen LogP contribution in [0.1, 0.15) is 6.92 Å². The van der Waals surface area contributed by atoms with Gasteiger partial charge in [0.25, 0.3) is 0 Å². The van der Waals surface area contributed by atoms with E-state index in [0.29, 0.717) is 5.82 Å². The molecule has 96 valence electrons. The number of benzene rings is 1. The first-order valence-corrected chi connectivity index (χ1v) is 5.74. The summed E-state index contributed by atoms with van der Waals surface area (Å²) in [4.78, 5) is 0. The van der Waals surface area contributed by atoms with Gasteiger partial charge in [0.2, 0.25) is 0 Å². The third-order valence-electron chi connectivity index (χ3n) is 2.48. The highest BCUT2D eigenvalue weighted by atomic mass is 35.5. The van der Waals surface area contributed by atoms with E-state index in [1.165, 1.54) is 6.07 Å². The fraction of sp³-hybridized carbons (Fsp3) is 0.182. The molecular weight excluding hydrogens is 257 g/mol. The van der Waals surface area contributed by atoms with Gasteiger partial charge in [-0.3, -0.25) is 4.68 Å². The molecule has 7 heteroatoms. The first-order chi connectivity index (χ1) is 8.52. The predicted octanol–water partition coefficient (Wildman–Crippen LogP) is 2.60. The molecule has 2 rings (SSSR count). The van der Waals surface area contributed by atoms with Gasteiger partial charge in [-0.15, -0.1) is 0 Å². The Balaban J connectivity index is 2.37. The molecule has 0 aliphatic carbocycles. The summed E-state index contributed by atoms with van der Waals surface area (Å²) in [6, 6.07) is 3.12. The fourth-order valence-corrected chi connectivity index (χ4v) is 1.67. The van der Waals surface area contributed by atoms with Crippen LogP contribution < -0.4 is 16.8 Å². The number of anilines is 4. The zero-order chi connectivity index (χ0) is 13.3. The Morgan fingerprint density at radius 3 is 2.78 bits per heavy atom. The highest BCUT2D eigenvalue weighted by Gasteiger charge is 2.15. The number of aryl methyl sites for hydroxylation is 1. The van der Waals surface area contributed by atoms with Crippen LogP contribution in [0.3, 0.4) is 0 Å². The minimum absolute atomic E-state index is 0.0792. The van der Waals surface area contributed by atoms with E-state index in [2.05, 4.69) is 10.4 Å². The minimum atomic E-state index is -0.680. The molecule has 0 spiro atoms. The van der Waals surface area contributed by atoms with E-state index in [0.717, 1.165) is 6.54 Å². The second-order valence-electron chi connectivity index (χ2n) is 3.74. The number of aromatic nitrogens is 2. The highest BCUT2D eigenvalue weighted by molar-refractivity contribution is 6.33. The van der Waals surface area contributed by atoms with Crippen molar-refractivity contribution in [1.82, 2.24) is 9.78 Å². The second kappa shape index (κ2) is 4.73. The molecule has 1 aromatic heterocycles. The molecule has 0 amide bonds. The maximum Gasteiger partial charge on any atom is 0.169 e. The summed E-state index contributed by atoms with van der Waals surface area (Å²) in [6.45, 7) is 2.67. The van der Waals surface area contributed by atoms with E-state index >= 15 is 0 Å². The molecule has 0 fully saturated rings. The predicted molar refractivity (Wildman–Crippen MR) is 71.4 cm³/mol. The molecular formula is C11H13ClFN5. The monoisotopic (exact) mass is 269 g/mol. The van der Waals surface area contributed by atoms with Gasteiger partial charge in [-0.05, 0) is 13.0 Å². The Hall–Kier alpha value is -1.95. The van der Waals surface area contributed by atoms with Gasteiger partial charge in [0, 0.05) is 18.8 Å². The summed E-state index contributed by atoms with van der Waals surface area (Å²) in [7, 11) is 0. The lowest BCUT2D eigenvalue weighted by Gasteiger charge is -2.11. The van der Waals surface area contributed by atoms with Gasteiger partial charge >= 0.3 is 0 Å². The van der Waals surface area contributed by atoms with Crippen LogP contribution in [0.25, 0.3) is 0 Å². The molecule has 1 heterocycles. The number of halogens is 2. The number of nitrogens with zero attached hydrogens (tertiary/aromatic N) is 2. The molecule has 0 atom stereocenters. The number of nitrogen functional groups attached to an aromatic ring is 2.